The summed E-state index contributed by atoms with van der Waals surface area (Å²) in [6, 6.07) is 4.67. The molecule has 2 heterocycles. The van der Waals surface area contributed by atoms with Crippen LogP contribution < -0.4 is 5.32 Å². The molecule has 29 heavy (non-hydrogen) atoms. The average molecular weight is 410 g/mol. The predicted octanol–water partition coefficient (Wildman–Crippen LogP) is 3.46. The molecule has 0 aliphatic carbocycles. The van der Waals surface area contributed by atoms with Gasteiger partial charge in [0.2, 0.25) is 11.8 Å². The lowest BCUT2D eigenvalue weighted by Crippen LogP contribution is -2.36. The normalized spacial score (nSPS) is 16.6. The summed E-state index contributed by atoms with van der Waals surface area (Å²) >= 11 is 0. The largest absolute Gasteiger partial charge is 0.444 e. The molecule has 0 unspecified atom stereocenters. The van der Waals surface area contributed by atoms with E-state index in [-0.39, 0.29) is 18.1 Å². The highest BCUT2D eigenvalue weighted by molar-refractivity contribution is 5.92. The number of rotatable bonds is 5. The molecule has 1 aliphatic rings. The summed E-state index contributed by atoms with van der Waals surface area (Å²) in [6.45, 7) is 7.63. The first-order valence-electron chi connectivity index (χ1n) is 9.55. The number of carbonyl (C=O) groups excluding carboxylic acids is 1. The molecule has 1 saturated heterocycles. The van der Waals surface area contributed by atoms with Crippen LogP contribution in [0.1, 0.15) is 29.3 Å². The molecule has 0 saturated carbocycles. The number of halogens is 3. The number of oxazole rings is 1. The molecule has 158 valence electrons. The third kappa shape index (κ3) is 6.04. The van der Waals surface area contributed by atoms with Gasteiger partial charge in [0.15, 0.2) is 0 Å². The summed E-state index contributed by atoms with van der Waals surface area (Å²) in [6.07, 6.45) is -3.55. The molecule has 1 amide bonds. The minimum absolute atomic E-state index is 0.140. The Morgan fingerprint density at radius 2 is 1.90 bits per heavy atom. The van der Waals surface area contributed by atoms with Crippen molar-refractivity contribution in [1.29, 1.82) is 0 Å². The monoisotopic (exact) mass is 410 g/mol. The number of aryl methyl sites for hydroxylation is 2. The molecule has 3 rings (SSSR count). The molecule has 0 bridgehead atoms. The number of hydrogen-bond acceptors (Lipinski definition) is 5. The Balaban J connectivity index is 1.50. The Kier molecular flexibility index (Phi) is 6.59. The van der Waals surface area contributed by atoms with Gasteiger partial charge in [-0.1, -0.05) is 6.07 Å². The molecule has 0 atom stereocenters. The number of aromatic nitrogens is 1. The standard InChI is InChI=1S/C20H25F3N4O2/c1-14-15(2)29-19(24-14)13-27-8-4-7-26(9-10-27)12-18(28)25-17-6-3-5-16(11-17)20(21,22)23/h3,5-6,11H,4,7-10,12-13H2,1-2H3,(H,25,28). The third-order valence-corrected chi connectivity index (χ3v) is 4.95. The highest BCUT2D eigenvalue weighted by Crippen LogP contribution is 2.30. The molecule has 1 aromatic carbocycles. The first kappa shape index (κ1) is 21.3. The van der Waals surface area contributed by atoms with Crippen LogP contribution in [0.5, 0.6) is 0 Å². The molecule has 2 aromatic rings. The zero-order valence-electron chi connectivity index (χ0n) is 16.6. The molecule has 6 nitrogen and oxygen atoms in total. The van der Waals surface area contributed by atoms with Gasteiger partial charge < -0.3 is 9.73 Å². The Hall–Kier alpha value is -2.39. The Bertz CT molecular complexity index is 831. The van der Waals surface area contributed by atoms with Crippen molar-refractivity contribution in [2.45, 2.75) is 33.0 Å². The predicted molar refractivity (Wildman–Crippen MR) is 102 cm³/mol. The van der Waals surface area contributed by atoms with Crippen molar-refractivity contribution in [3.8, 4) is 0 Å². The van der Waals surface area contributed by atoms with E-state index in [2.05, 4.69) is 15.2 Å². The van der Waals surface area contributed by atoms with E-state index in [1.807, 2.05) is 18.7 Å². The maximum Gasteiger partial charge on any atom is 0.416 e. The summed E-state index contributed by atoms with van der Waals surface area (Å²) in [7, 11) is 0. The number of benzene rings is 1. The summed E-state index contributed by atoms with van der Waals surface area (Å²) in [5.74, 6) is 1.19. The van der Waals surface area contributed by atoms with Crippen molar-refractivity contribution in [2.24, 2.45) is 0 Å². The molecule has 0 radical (unpaired) electrons. The lowest BCUT2D eigenvalue weighted by molar-refractivity contribution is -0.137. The summed E-state index contributed by atoms with van der Waals surface area (Å²) in [4.78, 5) is 20.9. The van der Waals surface area contributed by atoms with E-state index < -0.39 is 11.7 Å². The van der Waals surface area contributed by atoms with Crippen LogP contribution in [0.15, 0.2) is 28.7 Å². The quantitative estimate of drug-likeness (QED) is 0.818. The van der Waals surface area contributed by atoms with Crippen LogP contribution in [-0.2, 0) is 17.5 Å². The van der Waals surface area contributed by atoms with E-state index in [9.17, 15) is 18.0 Å². The molecule has 1 N–H and O–H groups in total. The van der Waals surface area contributed by atoms with Crippen molar-refractivity contribution in [1.82, 2.24) is 14.8 Å². The Labute approximate surface area is 167 Å². The highest BCUT2D eigenvalue weighted by Gasteiger charge is 2.30. The van der Waals surface area contributed by atoms with E-state index in [4.69, 9.17) is 4.42 Å². The van der Waals surface area contributed by atoms with Crippen LogP contribution in [0.25, 0.3) is 0 Å². The van der Waals surface area contributed by atoms with Crippen LogP contribution in [0.2, 0.25) is 0 Å². The fourth-order valence-electron chi connectivity index (χ4n) is 3.32. The molecule has 0 spiro atoms. The van der Waals surface area contributed by atoms with Crippen molar-refractivity contribution in [3.05, 3.63) is 47.2 Å². The summed E-state index contributed by atoms with van der Waals surface area (Å²) in [5, 5.41) is 2.56. The van der Waals surface area contributed by atoms with Crippen LogP contribution in [0.4, 0.5) is 18.9 Å². The SMILES string of the molecule is Cc1nc(CN2CCCN(CC(=O)Nc3cccc(C(F)(F)F)c3)CC2)oc1C. The van der Waals surface area contributed by atoms with Gasteiger partial charge in [0.05, 0.1) is 24.3 Å². The first-order chi connectivity index (χ1) is 13.7. The van der Waals surface area contributed by atoms with Gasteiger partial charge in [0.25, 0.3) is 0 Å². The number of amides is 1. The van der Waals surface area contributed by atoms with Crippen molar-refractivity contribution >= 4 is 11.6 Å². The molecule has 1 fully saturated rings. The van der Waals surface area contributed by atoms with Gasteiger partial charge in [-0.25, -0.2) is 4.98 Å². The Morgan fingerprint density at radius 1 is 1.17 bits per heavy atom. The maximum absolute atomic E-state index is 12.8. The summed E-state index contributed by atoms with van der Waals surface area (Å²) in [5.41, 5.74) is 0.261. The number of nitrogens with one attached hydrogen (secondary N) is 1. The van der Waals surface area contributed by atoms with Crippen molar-refractivity contribution in [2.75, 3.05) is 38.0 Å². The average Bonchev–Trinajstić information content (AvgIpc) is 2.82. The lowest BCUT2D eigenvalue weighted by Gasteiger charge is -2.20. The molecule has 9 heteroatoms. The van der Waals surface area contributed by atoms with Crippen LogP contribution in [0, 0.1) is 13.8 Å². The second-order valence-electron chi connectivity index (χ2n) is 7.28. The minimum atomic E-state index is -4.44. The van der Waals surface area contributed by atoms with E-state index >= 15 is 0 Å². The van der Waals surface area contributed by atoms with Gasteiger partial charge in [0.1, 0.15) is 5.76 Å². The highest BCUT2D eigenvalue weighted by atomic mass is 19.4. The first-order valence-corrected chi connectivity index (χ1v) is 9.55. The smallest absolute Gasteiger partial charge is 0.416 e. The zero-order chi connectivity index (χ0) is 21.0. The van der Waals surface area contributed by atoms with E-state index in [0.29, 0.717) is 19.0 Å². The topological polar surface area (TPSA) is 61.6 Å². The molecule has 1 aliphatic heterocycles. The van der Waals surface area contributed by atoms with E-state index in [1.165, 1.54) is 12.1 Å². The van der Waals surface area contributed by atoms with Gasteiger partial charge >= 0.3 is 6.18 Å². The van der Waals surface area contributed by atoms with Gasteiger partial charge in [-0.3, -0.25) is 14.6 Å². The van der Waals surface area contributed by atoms with Gasteiger partial charge in [-0.15, -0.1) is 0 Å². The van der Waals surface area contributed by atoms with Crippen molar-refractivity contribution < 1.29 is 22.4 Å². The number of anilines is 1. The van der Waals surface area contributed by atoms with Crippen LogP contribution in [-0.4, -0.2) is 53.4 Å². The summed E-state index contributed by atoms with van der Waals surface area (Å²) < 4.78 is 44.0. The van der Waals surface area contributed by atoms with Gasteiger partial charge in [0, 0.05) is 18.8 Å². The lowest BCUT2D eigenvalue weighted by atomic mass is 10.2. The minimum Gasteiger partial charge on any atom is -0.444 e. The molecule has 1 aromatic heterocycles. The van der Waals surface area contributed by atoms with Gasteiger partial charge in [-0.2, -0.15) is 13.2 Å². The fraction of sp³-hybridized carbons (Fsp3) is 0.500. The van der Waals surface area contributed by atoms with E-state index in [1.54, 1.807) is 0 Å². The number of hydrogen-bond donors (Lipinski definition) is 1. The fourth-order valence-corrected chi connectivity index (χ4v) is 3.32. The zero-order valence-corrected chi connectivity index (χ0v) is 16.6. The second-order valence-corrected chi connectivity index (χ2v) is 7.28. The van der Waals surface area contributed by atoms with Crippen LogP contribution >= 0.6 is 0 Å². The van der Waals surface area contributed by atoms with Crippen LogP contribution in [0.3, 0.4) is 0 Å². The number of nitrogens with zero attached hydrogens (tertiary/aromatic N) is 3. The molecular weight excluding hydrogens is 385 g/mol. The number of alkyl halides is 3. The maximum atomic E-state index is 12.8. The third-order valence-electron chi connectivity index (χ3n) is 4.95. The molecular formula is C20H25F3N4O2. The van der Waals surface area contributed by atoms with Crippen molar-refractivity contribution in [3.63, 3.8) is 0 Å². The Morgan fingerprint density at radius 3 is 2.59 bits per heavy atom. The van der Waals surface area contributed by atoms with E-state index in [0.717, 1.165) is 49.6 Å². The second kappa shape index (κ2) is 8.96. The number of carbonyl (C=O) groups is 1. The van der Waals surface area contributed by atoms with Gasteiger partial charge in [-0.05, 0) is 51.6 Å².